The lowest BCUT2D eigenvalue weighted by molar-refractivity contribution is -0.123. The van der Waals surface area contributed by atoms with Crippen molar-refractivity contribution in [1.29, 1.82) is 0 Å². The average Bonchev–Trinajstić information content (AvgIpc) is 2.80. The summed E-state index contributed by atoms with van der Waals surface area (Å²) in [5, 5.41) is 12.9. The molecule has 166 valence electrons. The van der Waals surface area contributed by atoms with Crippen LogP contribution in [0.3, 0.4) is 0 Å². The average molecular weight is 455 g/mol. The van der Waals surface area contributed by atoms with Crippen molar-refractivity contribution >= 4 is 46.6 Å². The molecule has 0 radical (unpaired) electrons. The number of nitrogens with one attached hydrogen (secondary N) is 2. The Hall–Kier alpha value is -3.66. The molecule has 2 aromatic rings. The van der Waals surface area contributed by atoms with E-state index >= 15 is 0 Å². The Kier molecular flexibility index (Phi) is 7.98. The van der Waals surface area contributed by atoms with E-state index in [1.807, 2.05) is 12.1 Å². The number of nitrogens with zero attached hydrogens (tertiary/aromatic N) is 2. The summed E-state index contributed by atoms with van der Waals surface area (Å²) in [5.41, 5.74) is 1.70. The van der Waals surface area contributed by atoms with Gasteiger partial charge in [-0.2, -0.15) is 5.10 Å². The molecule has 2 amide bonds. The molecule has 3 rings (SSSR count). The number of carbonyl (C=O) groups is 3. The first-order valence-corrected chi connectivity index (χ1v) is 10.7. The van der Waals surface area contributed by atoms with E-state index in [1.165, 1.54) is 6.21 Å². The number of amides is 2. The number of esters is 1. The summed E-state index contributed by atoms with van der Waals surface area (Å²) >= 11 is 1.12. The normalized spacial score (nSPS) is 17.1. The molecule has 0 aromatic heterocycles. The standard InChI is InChI=1S/C22H22N4O5S/c1-3-31-21(29)15-6-8-16(9-7-15)24-20(28)18-12-19(27)25-22(32-18)26-23-13-14-4-10-17(30-2)11-5-14/h4-11,13,18H,3,12H2,1-2H3,(H,24,28)(H,25,26,27)/b23-13-/t18-/m1/s1. The molecule has 0 saturated carbocycles. The van der Waals surface area contributed by atoms with Crippen molar-refractivity contribution in [3.63, 3.8) is 0 Å². The number of ether oxygens (including phenoxy) is 2. The Morgan fingerprint density at radius 1 is 1.19 bits per heavy atom. The molecule has 1 atom stereocenters. The van der Waals surface area contributed by atoms with Gasteiger partial charge in [0, 0.05) is 12.1 Å². The van der Waals surface area contributed by atoms with Crippen LogP contribution in [-0.4, -0.2) is 48.1 Å². The van der Waals surface area contributed by atoms with Crippen LogP contribution in [0.4, 0.5) is 5.69 Å². The van der Waals surface area contributed by atoms with Crippen LogP contribution in [0.25, 0.3) is 0 Å². The maximum absolute atomic E-state index is 12.6. The highest BCUT2D eigenvalue weighted by Gasteiger charge is 2.30. The number of carbonyl (C=O) groups excluding carboxylic acids is 3. The third-order valence-corrected chi connectivity index (χ3v) is 5.37. The predicted molar refractivity (Wildman–Crippen MR) is 123 cm³/mol. The zero-order valence-corrected chi connectivity index (χ0v) is 18.3. The second-order valence-electron chi connectivity index (χ2n) is 6.57. The highest BCUT2D eigenvalue weighted by Crippen LogP contribution is 2.23. The van der Waals surface area contributed by atoms with E-state index in [2.05, 4.69) is 20.8 Å². The number of anilines is 1. The van der Waals surface area contributed by atoms with Crippen LogP contribution in [0.2, 0.25) is 0 Å². The third kappa shape index (κ3) is 6.42. The fourth-order valence-corrected chi connectivity index (χ4v) is 3.64. The van der Waals surface area contributed by atoms with Gasteiger partial charge >= 0.3 is 5.97 Å². The number of hydrogen-bond acceptors (Lipinski definition) is 8. The SMILES string of the molecule is CCOC(=O)c1ccc(NC(=O)[C@H]2CC(=O)N/C(=N\N=C/c3ccc(OC)cc3)S2)cc1. The summed E-state index contributed by atoms with van der Waals surface area (Å²) in [6.45, 7) is 2.01. The maximum atomic E-state index is 12.6. The first kappa shape index (κ1) is 23.0. The van der Waals surface area contributed by atoms with Gasteiger partial charge in [-0.1, -0.05) is 11.8 Å². The van der Waals surface area contributed by atoms with Crippen LogP contribution in [0.5, 0.6) is 5.75 Å². The minimum atomic E-state index is -0.664. The Labute approximate surface area is 189 Å². The number of benzene rings is 2. The molecule has 1 saturated heterocycles. The van der Waals surface area contributed by atoms with Gasteiger partial charge in [0.1, 0.15) is 11.0 Å². The molecular weight excluding hydrogens is 432 g/mol. The van der Waals surface area contributed by atoms with Gasteiger partial charge < -0.3 is 20.1 Å². The topological polar surface area (TPSA) is 118 Å². The molecular formula is C22H22N4O5S. The second kappa shape index (κ2) is 11.1. The predicted octanol–water partition coefficient (Wildman–Crippen LogP) is 2.82. The second-order valence-corrected chi connectivity index (χ2v) is 7.76. The molecule has 10 heteroatoms. The van der Waals surface area contributed by atoms with Crippen molar-refractivity contribution in [2.24, 2.45) is 10.2 Å². The molecule has 0 bridgehead atoms. The number of rotatable bonds is 7. The van der Waals surface area contributed by atoms with Crippen molar-refractivity contribution in [3.05, 3.63) is 59.7 Å². The fraction of sp³-hybridized carbons (Fsp3) is 0.227. The van der Waals surface area contributed by atoms with E-state index in [9.17, 15) is 14.4 Å². The summed E-state index contributed by atoms with van der Waals surface area (Å²) in [6, 6.07) is 13.6. The highest BCUT2D eigenvalue weighted by molar-refractivity contribution is 8.15. The van der Waals surface area contributed by atoms with E-state index in [0.29, 0.717) is 11.3 Å². The Morgan fingerprint density at radius 3 is 2.56 bits per heavy atom. The van der Waals surface area contributed by atoms with E-state index in [-0.39, 0.29) is 30.0 Å². The molecule has 1 aliphatic rings. The highest BCUT2D eigenvalue weighted by atomic mass is 32.2. The Bertz CT molecular complexity index is 1040. The van der Waals surface area contributed by atoms with Crippen LogP contribution >= 0.6 is 11.8 Å². The van der Waals surface area contributed by atoms with E-state index < -0.39 is 11.2 Å². The van der Waals surface area contributed by atoms with Crippen molar-refractivity contribution in [2.75, 3.05) is 19.0 Å². The van der Waals surface area contributed by atoms with E-state index in [1.54, 1.807) is 50.4 Å². The van der Waals surface area contributed by atoms with E-state index in [0.717, 1.165) is 23.1 Å². The molecule has 32 heavy (non-hydrogen) atoms. The lowest BCUT2D eigenvalue weighted by Crippen LogP contribution is -2.41. The van der Waals surface area contributed by atoms with Crippen molar-refractivity contribution in [1.82, 2.24) is 5.32 Å². The summed E-state index contributed by atoms with van der Waals surface area (Å²) in [6.07, 6.45) is 1.55. The molecule has 1 aliphatic heterocycles. The smallest absolute Gasteiger partial charge is 0.338 e. The van der Waals surface area contributed by atoms with Crippen LogP contribution < -0.4 is 15.4 Å². The first-order valence-electron chi connectivity index (χ1n) is 9.78. The third-order valence-electron chi connectivity index (χ3n) is 4.30. The van der Waals surface area contributed by atoms with Crippen LogP contribution in [-0.2, 0) is 14.3 Å². The molecule has 0 spiro atoms. The zero-order chi connectivity index (χ0) is 22.9. The van der Waals surface area contributed by atoms with Crippen molar-refractivity contribution in [3.8, 4) is 5.75 Å². The molecule has 2 N–H and O–H groups in total. The van der Waals surface area contributed by atoms with Gasteiger partial charge in [0.15, 0.2) is 5.17 Å². The molecule has 1 heterocycles. The number of thioether (sulfide) groups is 1. The molecule has 1 fully saturated rings. The molecule has 9 nitrogen and oxygen atoms in total. The molecule has 0 aliphatic carbocycles. The zero-order valence-electron chi connectivity index (χ0n) is 17.5. The minimum absolute atomic E-state index is 0.0125. The summed E-state index contributed by atoms with van der Waals surface area (Å²) in [5.74, 6) is -0.366. The molecule has 0 unspecified atom stereocenters. The van der Waals surface area contributed by atoms with Gasteiger partial charge in [0.2, 0.25) is 11.8 Å². The maximum Gasteiger partial charge on any atom is 0.338 e. The lowest BCUT2D eigenvalue weighted by Gasteiger charge is -2.21. The first-order chi connectivity index (χ1) is 15.5. The minimum Gasteiger partial charge on any atom is -0.497 e. The van der Waals surface area contributed by atoms with Crippen LogP contribution in [0, 0.1) is 0 Å². The van der Waals surface area contributed by atoms with Gasteiger partial charge in [-0.05, 0) is 61.0 Å². The summed E-state index contributed by atoms with van der Waals surface area (Å²) in [4.78, 5) is 36.4. The van der Waals surface area contributed by atoms with Crippen molar-refractivity contribution in [2.45, 2.75) is 18.6 Å². The summed E-state index contributed by atoms with van der Waals surface area (Å²) < 4.78 is 10.0. The number of amidine groups is 1. The summed E-state index contributed by atoms with van der Waals surface area (Å²) in [7, 11) is 1.59. The largest absolute Gasteiger partial charge is 0.497 e. The quantitative estimate of drug-likeness (QED) is 0.377. The van der Waals surface area contributed by atoms with Crippen LogP contribution in [0.1, 0.15) is 29.3 Å². The Morgan fingerprint density at radius 2 is 1.91 bits per heavy atom. The fourth-order valence-electron chi connectivity index (χ4n) is 2.70. The van der Waals surface area contributed by atoms with Gasteiger partial charge in [-0.15, -0.1) is 5.10 Å². The van der Waals surface area contributed by atoms with Crippen molar-refractivity contribution < 1.29 is 23.9 Å². The Balaban J connectivity index is 1.60. The molecule has 2 aromatic carbocycles. The van der Waals surface area contributed by atoms with Crippen LogP contribution in [0.15, 0.2) is 58.7 Å². The van der Waals surface area contributed by atoms with Gasteiger partial charge in [0.05, 0.1) is 25.5 Å². The van der Waals surface area contributed by atoms with Gasteiger partial charge in [0.25, 0.3) is 0 Å². The number of hydrogen-bond donors (Lipinski definition) is 2. The monoisotopic (exact) mass is 454 g/mol. The lowest BCUT2D eigenvalue weighted by atomic mass is 10.2. The van der Waals surface area contributed by atoms with Gasteiger partial charge in [-0.25, -0.2) is 4.79 Å². The van der Waals surface area contributed by atoms with E-state index in [4.69, 9.17) is 9.47 Å². The number of methoxy groups -OCH3 is 1. The van der Waals surface area contributed by atoms with Gasteiger partial charge in [-0.3, -0.25) is 9.59 Å².